The summed E-state index contributed by atoms with van der Waals surface area (Å²) in [5, 5.41) is 0. The lowest BCUT2D eigenvalue weighted by Crippen LogP contribution is -2.35. The monoisotopic (exact) mass is 232 g/mol. The summed E-state index contributed by atoms with van der Waals surface area (Å²) in [7, 11) is 0. The number of rotatable bonds is 3. The summed E-state index contributed by atoms with van der Waals surface area (Å²) >= 11 is 0. The zero-order valence-electron chi connectivity index (χ0n) is 11.0. The van der Waals surface area contributed by atoms with Gasteiger partial charge in [0.05, 0.1) is 0 Å². The highest BCUT2D eigenvalue weighted by atomic mass is 15.2. The maximum atomic E-state index is 5.73. The van der Waals surface area contributed by atoms with Gasteiger partial charge in [0.25, 0.3) is 0 Å². The maximum absolute atomic E-state index is 5.73. The summed E-state index contributed by atoms with van der Waals surface area (Å²) in [5.74, 6) is 0.949. The maximum Gasteiger partial charge on any atom is 0.0319 e. The fourth-order valence-corrected chi connectivity index (χ4v) is 2.73. The van der Waals surface area contributed by atoms with Crippen LogP contribution in [0, 0.1) is 5.92 Å². The third-order valence-electron chi connectivity index (χ3n) is 4.19. The Labute approximate surface area is 105 Å². The SMILES string of the molecule is CCC1CCN(C(C)c2ccc(N)cc2)CC1. The predicted octanol–water partition coefficient (Wildman–Crippen LogP) is 3.45. The Morgan fingerprint density at radius 2 is 1.82 bits per heavy atom. The number of hydrogen-bond donors (Lipinski definition) is 1. The van der Waals surface area contributed by atoms with Crippen molar-refractivity contribution in [2.75, 3.05) is 18.8 Å². The highest BCUT2D eigenvalue weighted by molar-refractivity contribution is 5.40. The quantitative estimate of drug-likeness (QED) is 0.809. The van der Waals surface area contributed by atoms with Gasteiger partial charge < -0.3 is 5.73 Å². The van der Waals surface area contributed by atoms with Crippen LogP contribution in [-0.2, 0) is 0 Å². The highest BCUT2D eigenvalue weighted by Gasteiger charge is 2.22. The Bertz CT molecular complexity index is 336. The lowest BCUT2D eigenvalue weighted by Gasteiger charge is -2.36. The van der Waals surface area contributed by atoms with Crippen molar-refractivity contribution in [2.24, 2.45) is 5.92 Å². The van der Waals surface area contributed by atoms with Crippen LogP contribution in [0.25, 0.3) is 0 Å². The normalized spacial score (nSPS) is 20.4. The van der Waals surface area contributed by atoms with Gasteiger partial charge in [-0.3, -0.25) is 4.90 Å². The topological polar surface area (TPSA) is 29.3 Å². The molecule has 2 heteroatoms. The second kappa shape index (κ2) is 5.54. The number of nitrogens with zero attached hydrogens (tertiary/aromatic N) is 1. The van der Waals surface area contributed by atoms with Crippen LogP contribution in [-0.4, -0.2) is 18.0 Å². The summed E-state index contributed by atoms with van der Waals surface area (Å²) in [6.45, 7) is 7.09. The molecule has 1 saturated heterocycles. The van der Waals surface area contributed by atoms with Crippen LogP contribution in [0.1, 0.15) is 44.7 Å². The zero-order chi connectivity index (χ0) is 12.3. The first kappa shape index (κ1) is 12.4. The van der Waals surface area contributed by atoms with E-state index in [-0.39, 0.29) is 0 Å². The molecular weight excluding hydrogens is 208 g/mol. The van der Waals surface area contributed by atoms with E-state index in [4.69, 9.17) is 5.73 Å². The van der Waals surface area contributed by atoms with Gasteiger partial charge in [-0.2, -0.15) is 0 Å². The molecule has 1 unspecified atom stereocenters. The standard InChI is InChI=1S/C15H24N2/c1-3-13-8-10-17(11-9-13)12(2)14-4-6-15(16)7-5-14/h4-7,12-13H,3,8-11,16H2,1-2H3. The summed E-state index contributed by atoms with van der Waals surface area (Å²) in [4.78, 5) is 2.59. The van der Waals surface area contributed by atoms with Gasteiger partial charge in [-0.1, -0.05) is 25.5 Å². The molecule has 1 atom stereocenters. The van der Waals surface area contributed by atoms with Crippen molar-refractivity contribution < 1.29 is 0 Å². The van der Waals surface area contributed by atoms with Gasteiger partial charge in [-0.15, -0.1) is 0 Å². The number of nitrogens with two attached hydrogens (primary N) is 1. The molecule has 2 N–H and O–H groups in total. The number of hydrogen-bond acceptors (Lipinski definition) is 2. The first-order chi connectivity index (χ1) is 8.20. The molecule has 0 spiro atoms. The van der Waals surface area contributed by atoms with Crippen LogP contribution in [0.3, 0.4) is 0 Å². The van der Waals surface area contributed by atoms with Gasteiger partial charge in [-0.05, 0) is 56.5 Å². The van der Waals surface area contributed by atoms with Crippen LogP contribution in [0.4, 0.5) is 5.69 Å². The van der Waals surface area contributed by atoms with Gasteiger partial charge in [-0.25, -0.2) is 0 Å². The lowest BCUT2D eigenvalue weighted by atomic mass is 9.93. The van der Waals surface area contributed by atoms with Crippen LogP contribution >= 0.6 is 0 Å². The van der Waals surface area contributed by atoms with E-state index >= 15 is 0 Å². The highest BCUT2D eigenvalue weighted by Crippen LogP contribution is 2.28. The predicted molar refractivity (Wildman–Crippen MR) is 73.9 cm³/mol. The van der Waals surface area contributed by atoms with E-state index in [1.54, 1.807) is 0 Å². The zero-order valence-corrected chi connectivity index (χ0v) is 11.0. The molecule has 1 aromatic carbocycles. The van der Waals surface area contributed by atoms with Crippen molar-refractivity contribution in [3.63, 3.8) is 0 Å². The molecule has 0 aliphatic carbocycles. The molecule has 0 saturated carbocycles. The summed E-state index contributed by atoms with van der Waals surface area (Å²) < 4.78 is 0. The van der Waals surface area contributed by atoms with Crippen molar-refractivity contribution in [2.45, 2.75) is 39.2 Å². The van der Waals surface area contributed by atoms with E-state index in [1.807, 2.05) is 12.1 Å². The Balaban J connectivity index is 1.96. The second-order valence-electron chi connectivity index (χ2n) is 5.23. The number of anilines is 1. The summed E-state index contributed by atoms with van der Waals surface area (Å²) in [6, 6.07) is 8.85. The van der Waals surface area contributed by atoms with E-state index in [0.717, 1.165) is 11.6 Å². The molecule has 1 fully saturated rings. The Kier molecular flexibility index (Phi) is 4.06. The number of likely N-dealkylation sites (tertiary alicyclic amines) is 1. The largest absolute Gasteiger partial charge is 0.399 e. The van der Waals surface area contributed by atoms with Crippen molar-refractivity contribution >= 4 is 5.69 Å². The van der Waals surface area contributed by atoms with Gasteiger partial charge in [0.1, 0.15) is 0 Å². The van der Waals surface area contributed by atoms with Crippen LogP contribution in [0.2, 0.25) is 0 Å². The average molecular weight is 232 g/mol. The molecule has 1 aromatic rings. The minimum atomic E-state index is 0.522. The van der Waals surface area contributed by atoms with Crippen molar-refractivity contribution in [3.05, 3.63) is 29.8 Å². The average Bonchev–Trinajstić information content (AvgIpc) is 2.39. The molecule has 17 heavy (non-hydrogen) atoms. The third-order valence-corrected chi connectivity index (χ3v) is 4.19. The number of benzene rings is 1. The Morgan fingerprint density at radius 3 is 2.35 bits per heavy atom. The molecule has 2 nitrogen and oxygen atoms in total. The molecule has 94 valence electrons. The van der Waals surface area contributed by atoms with E-state index in [9.17, 15) is 0 Å². The molecule has 0 bridgehead atoms. The lowest BCUT2D eigenvalue weighted by molar-refractivity contribution is 0.139. The fourth-order valence-electron chi connectivity index (χ4n) is 2.73. The smallest absolute Gasteiger partial charge is 0.0319 e. The molecule has 2 rings (SSSR count). The molecule has 1 heterocycles. The van der Waals surface area contributed by atoms with Crippen LogP contribution < -0.4 is 5.73 Å². The third kappa shape index (κ3) is 3.01. The van der Waals surface area contributed by atoms with Crippen molar-refractivity contribution in [3.8, 4) is 0 Å². The van der Waals surface area contributed by atoms with Crippen LogP contribution in [0.15, 0.2) is 24.3 Å². The van der Waals surface area contributed by atoms with E-state index in [1.165, 1.54) is 37.9 Å². The fraction of sp³-hybridized carbons (Fsp3) is 0.600. The molecule has 1 aliphatic rings. The first-order valence-electron chi connectivity index (χ1n) is 6.80. The molecule has 1 aliphatic heterocycles. The molecule has 0 amide bonds. The Morgan fingerprint density at radius 1 is 1.24 bits per heavy atom. The van der Waals surface area contributed by atoms with E-state index in [0.29, 0.717) is 6.04 Å². The van der Waals surface area contributed by atoms with Crippen molar-refractivity contribution in [1.29, 1.82) is 0 Å². The molecular formula is C15H24N2. The van der Waals surface area contributed by atoms with Gasteiger partial charge in [0, 0.05) is 11.7 Å². The van der Waals surface area contributed by atoms with Gasteiger partial charge >= 0.3 is 0 Å². The summed E-state index contributed by atoms with van der Waals surface area (Å²) in [6.07, 6.45) is 4.05. The minimum Gasteiger partial charge on any atom is -0.399 e. The van der Waals surface area contributed by atoms with Gasteiger partial charge in [0.2, 0.25) is 0 Å². The van der Waals surface area contributed by atoms with Crippen LogP contribution in [0.5, 0.6) is 0 Å². The molecule has 0 radical (unpaired) electrons. The van der Waals surface area contributed by atoms with E-state index in [2.05, 4.69) is 30.9 Å². The second-order valence-corrected chi connectivity index (χ2v) is 5.23. The van der Waals surface area contributed by atoms with Crippen molar-refractivity contribution in [1.82, 2.24) is 4.90 Å². The minimum absolute atomic E-state index is 0.522. The van der Waals surface area contributed by atoms with Gasteiger partial charge in [0.15, 0.2) is 0 Å². The van der Waals surface area contributed by atoms with E-state index < -0.39 is 0 Å². The number of nitrogen functional groups attached to an aromatic ring is 1. The molecule has 0 aromatic heterocycles. The summed E-state index contributed by atoms with van der Waals surface area (Å²) in [5.41, 5.74) is 7.96. The number of piperidine rings is 1. The Hall–Kier alpha value is -1.02. The first-order valence-corrected chi connectivity index (χ1v) is 6.80.